The fourth-order valence-corrected chi connectivity index (χ4v) is 3.14. The predicted octanol–water partition coefficient (Wildman–Crippen LogP) is 4.39. The standard InChI is InChI=1S/C16H32O4P/c1-4-6-8-10-19-12-13-21(18)14-15(3)16(17)20-11-9-7-5-2/h15H,4-14H2,1-3H3/q+1. The van der Waals surface area contributed by atoms with Gasteiger partial charge in [0, 0.05) is 6.61 Å². The van der Waals surface area contributed by atoms with Crippen LogP contribution in [0.25, 0.3) is 0 Å². The largest absolute Gasteiger partial charge is 0.465 e. The van der Waals surface area contributed by atoms with E-state index in [1.54, 1.807) is 6.92 Å². The topological polar surface area (TPSA) is 52.6 Å². The van der Waals surface area contributed by atoms with E-state index in [0.717, 1.165) is 32.3 Å². The first-order chi connectivity index (χ1) is 10.1. The number of rotatable bonds is 14. The summed E-state index contributed by atoms with van der Waals surface area (Å²) in [6.07, 6.45) is 7.45. The van der Waals surface area contributed by atoms with Gasteiger partial charge in [0.2, 0.25) is 0 Å². The molecule has 0 aromatic rings. The van der Waals surface area contributed by atoms with Crippen LogP contribution in [0.1, 0.15) is 59.3 Å². The summed E-state index contributed by atoms with van der Waals surface area (Å²) in [5.74, 6) is -0.506. The summed E-state index contributed by atoms with van der Waals surface area (Å²) in [4.78, 5) is 11.7. The lowest BCUT2D eigenvalue weighted by atomic mass is 10.2. The molecule has 5 heteroatoms. The van der Waals surface area contributed by atoms with Crippen LogP contribution in [0.5, 0.6) is 0 Å². The van der Waals surface area contributed by atoms with Gasteiger partial charge < -0.3 is 9.47 Å². The van der Waals surface area contributed by atoms with Crippen LogP contribution in [-0.4, -0.2) is 38.1 Å². The first-order valence-electron chi connectivity index (χ1n) is 8.28. The van der Waals surface area contributed by atoms with E-state index in [9.17, 15) is 9.36 Å². The molecule has 0 aromatic carbocycles. The van der Waals surface area contributed by atoms with Crippen LogP contribution >= 0.6 is 7.80 Å². The van der Waals surface area contributed by atoms with Crippen molar-refractivity contribution in [3.8, 4) is 0 Å². The second-order valence-corrected chi connectivity index (χ2v) is 7.26. The summed E-state index contributed by atoms with van der Waals surface area (Å²) in [6.45, 7) is 7.80. The van der Waals surface area contributed by atoms with E-state index in [-0.39, 0.29) is 11.9 Å². The Bertz CT molecular complexity index is 281. The summed E-state index contributed by atoms with van der Waals surface area (Å²) >= 11 is 0. The molecular weight excluding hydrogens is 287 g/mol. The molecule has 2 unspecified atom stereocenters. The van der Waals surface area contributed by atoms with Crippen molar-refractivity contribution in [3.63, 3.8) is 0 Å². The van der Waals surface area contributed by atoms with E-state index in [0.29, 0.717) is 25.5 Å². The molecule has 2 atom stereocenters. The van der Waals surface area contributed by atoms with E-state index in [1.807, 2.05) is 0 Å². The quantitative estimate of drug-likeness (QED) is 0.271. The molecule has 0 fully saturated rings. The van der Waals surface area contributed by atoms with E-state index < -0.39 is 7.80 Å². The van der Waals surface area contributed by atoms with Gasteiger partial charge in [-0.15, -0.1) is 0 Å². The summed E-state index contributed by atoms with van der Waals surface area (Å²) in [5, 5.41) is 0. The van der Waals surface area contributed by atoms with Gasteiger partial charge >= 0.3 is 13.8 Å². The Hall–Kier alpha value is -0.470. The Morgan fingerprint density at radius 2 is 1.62 bits per heavy atom. The molecule has 0 aliphatic heterocycles. The van der Waals surface area contributed by atoms with Crippen LogP contribution in [-0.2, 0) is 18.8 Å². The van der Waals surface area contributed by atoms with Crippen molar-refractivity contribution in [2.45, 2.75) is 59.3 Å². The number of unbranched alkanes of at least 4 members (excludes halogenated alkanes) is 4. The average molecular weight is 319 g/mol. The van der Waals surface area contributed by atoms with E-state index in [2.05, 4.69) is 13.8 Å². The molecule has 0 N–H and O–H groups in total. The van der Waals surface area contributed by atoms with Crippen LogP contribution in [0.3, 0.4) is 0 Å². The molecule has 0 heterocycles. The molecule has 0 saturated heterocycles. The maximum atomic E-state index is 11.9. The number of esters is 1. The van der Waals surface area contributed by atoms with Crippen molar-refractivity contribution < 1.29 is 18.8 Å². The van der Waals surface area contributed by atoms with Crippen molar-refractivity contribution in [3.05, 3.63) is 0 Å². The number of carbonyl (C=O) groups is 1. The summed E-state index contributed by atoms with van der Waals surface area (Å²) in [6, 6.07) is 0. The van der Waals surface area contributed by atoms with Gasteiger partial charge in [0.15, 0.2) is 12.3 Å². The minimum Gasteiger partial charge on any atom is -0.465 e. The SMILES string of the molecule is CCCCCOCC[P+](=O)CC(C)C(=O)OCCCCC. The van der Waals surface area contributed by atoms with Crippen molar-refractivity contribution >= 4 is 13.8 Å². The van der Waals surface area contributed by atoms with Gasteiger partial charge in [0.25, 0.3) is 0 Å². The lowest BCUT2D eigenvalue weighted by molar-refractivity contribution is -0.147. The molecule has 124 valence electrons. The molecule has 0 aliphatic rings. The van der Waals surface area contributed by atoms with Crippen molar-refractivity contribution in [2.24, 2.45) is 5.92 Å². The molecule has 0 aromatic heterocycles. The van der Waals surface area contributed by atoms with Crippen molar-refractivity contribution in [1.82, 2.24) is 0 Å². The predicted molar refractivity (Wildman–Crippen MR) is 87.3 cm³/mol. The van der Waals surface area contributed by atoms with Crippen LogP contribution in [0.4, 0.5) is 0 Å². The van der Waals surface area contributed by atoms with Crippen LogP contribution in [0, 0.1) is 5.92 Å². The van der Waals surface area contributed by atoms with E-state index in [4.69, 9.17) is 9.47 Å². The van der Waals surface area contributed by atoms with Gasteiger partial charge in [-0.25, -0.2) is 0 Å². The fourth-order valence-electron chi connectivity index (χ4n) is 1.86. The van der Waals surface area contributed by atoms with Gasteiger partial charge in [-0.2, -0.15) is 0 Å². The van der Waals surface area contributed by atoms with Gasteiger partial charge in [-0.3, -0.25) is 4.79 Å². The highest BCUT2D eigenvalue weighted by Crippen LogP contribution is 2.24. The highest BCUT2D eigenvalue weighted by atomic mass is 31.1. The smallest absolute Gasteiger partial charge is 0.342 e. The normalized spacial score (nSPS) is 13.0. The summed E-state index contributed by atoms with van der Waals surface area (Å²) in [5.41, 5.74) is 0. The lowest BCUT2D eigenvalue weighted by Crippen LogP contribution is -2.18. The van der Waals surface area contributed by atoms with Gasteiger partial charge in [0.1, 0.15) is 0 Å². The zero-order valence-corrected chi connectivity index (χ0v) is 14.8. The number of hydrogen-bond donors (Lipinski definition) is 0. The fraction of sp³-hybridized carbons (Fsp3) is 0.938. The van der Waals surface area contributed by atoms with Gasteiger partial charge in [-0.1, -0.05) is 44.1 Å². The zero-order valence-electron chi connectivity index (χ0n) is 13.9. The van der Waals surface area contributed by atoms with E-state index >= 15 is 0 Å². The van der Waals surface area contributed by atoms with Crippen LogP contribution in [0.2, 0.25) is 0 Å². The molecule has 0 aliphatic carbocycles. The molecule has 0 radical (unpaired) electrons. The molecule has 0 saturated carbocycles. The Morgan fingerprint density at radius 1 is 1.00 bits per heavy atom. The molecule has 0 spiro atoms. The first-order valence-corrected chi connectivity index (χ1v) is 9.91. The van der Waals surface area contributed by atoms with Crippen molar-refractivity contribution in [1.29, 1.82) is 0 Å². The molecule has 0 bridgehead atoms. The number of carbonyl (C=O) groups excluding carboxylic acids is 1. The van der Waals surface area contributed by atoms with Crippen LogP contribution < -0.4 is 0 Å². The molecule has 4 nitrogen and oxygen atoms in total. The first kappa shape index (κ1) is 20.5. The molecule has 0 amide bonds. The van der Waals surface area contributed by atoms with Gasteiger partial charge in [-0.05, 0) is 19.8 Å². The minimum atomic E-state index is -1.37. The maximum Gasteiger partial charge on any atom is 0.342 e. The Labute approximate surface area is 130 Å². The third-order valence-corrected chi connectivity index (χ3v) is 4.89. The Balaban J connectivity index is 3.61. The third kappa shape index (κ3) is 12.9. The molecule has 0 rings (SSSR count). The van der Waals surface area contributed by atoms with Crippen LogP contribution in [0.15, 0.2) is 0 Å². The zero-order chi connectivity index (χ0) is 15.9. The third-order valence-electron chi connectivity index (χ3n) is 3.25. The molecular formula is C16H32O4P+. The highest BCUT2D eigenvalue weighted by Gasteiger charge is 2.25. The second kappa shape index (κ2) is 14.5. The van der Waals surface area contributed by atoms with Crippen molar-refractivity contribution in [2.75, 3.05) is 32.1 Å². The molecule has 21 heavy (non-hydrogen) atoms. The Morgan fingerprint density at radius 3 is 2.24 bits per heavy atom. The average Bonchev–Trinajstić information content (AvgIpc) is 2.47. The number of ether oxygens (including phenoxy) is 2. The van der Waals surface area contributed by atoms with E-state index in [1.165, 1.54) is 12.8 Å². The summed E-state index contributed by atoms with van der Waals surface area (Å²) < 4.78 is 22.5. The number of hydrogen-bond acceptors (Lipinski definition) is 4. The lowest BCUT2D eigenvalue weighted by Gasteiger charge is -2.07. The highest BCUT2D eigenvalue weighted by molar-refractivity contribution is 7.44. The maximum absolute atomic E-state index is 11.9. The monoisotopic (exact) mass is 319 g/mol. The Kier molecular flexibility index (Phi) is 14.1. The van der Waals surface area contributed by atoms with Gasteiger partial charge in [0.05, 0.1) is 19.1 Å². The minimum absolute atomic E-state index is 0.224. The second-order valence-electron chi connectivity index (χ2n) is 5.48. The summed E-state index contributed by atoms with van der Waals surface area (Å²) in [7, 11) is -1.37.